The van der Waals surface area contributed by atoms with E-state index >= 15 is 0 Å². The molecule has 0 bridgehead atoms. The number of likely N-dealkylation sites (tertiary alicyclic amines) is 1. The normalized spacial score (nSPS) is 18.2. The molecule has 0 aliphatic carbocycles. The predicted octanol–water partition coefficient (Wildman–Crippen LogP) is 2.50. The Kier molecular flexibility index (Phi) is 7.40. The van der Waals surface area contributed by atoms with Gasteiger partial charge in [0.2, 0.25) is 0 Å². The maximum atomic E-state index is 10.1. The molecule has 0 atom stereocenters. The van der Waals surface area contributed by atoms with Crippen LogP contribution in [0.1, 0.15) is 33.1 Å². The van der Waals surface area contributed by atoms with Gasteiger partial charge in [0, 0.05) is 6.42 Å². The van der Waals surface area contributed by atoms with Gasteiger partial charge in [0.1, 0.15) is 0 Å². The van der Waals surface area contributed by atoms with Crippen molar-refractivity contribution in [1.29, 1.82) is 0 Å². The third-order valence-corrected chi connectivity index (χ3v) is 2.58. The van der Waals surface area contributed by atoms with E-state index in [4.69, 9.17) is 0 Å². The van der Waals surface area contributed by atoms with Gasteiger partial charge in [0.15, 0.2) is 5.78 Å². The highest BCUT2D eigenvalue weighted by atomic mass is 16.1. The molecule has 2 heteroatoms. The lowest BCUT2D eigenvalue weighted by molar-refractivity contribution is -0.114. The van der Waals surface area contributed by atoms with E-state index < -0.39 is 0 Å². The number of hydrogen-bond donors (Lipinski definition) is 0. The van der Waals surface area contributed by atoms with E-state index in [0.717, 1.165) is 5.92 Å². The molecule has 1 aliphatic heterocycles. The molecule has 82 valence electrons. The molecule has 0 unspecified atom stereocenters. The van der Waals surface area contributed by atoms with Gasteiger partial charge in [-0.1, -0.05) is 20.4 Å². The van der Waals surface area contributed by atoms with Crippen LogP contribution in [-0.2, 0) is 4.79 Å². The number of piperidine rings is 1. The Morgan fingerprint density at radius 3 is 2.21 bits per heavy atom. The smallest absolute Gasteiger partial charge is 0.154 e. The van der Waals surface area contributed by atoms with Crippen LogP contribution < -0.4 is 0 Å². The summed E-state index contributed by atoms with van der Waals surface area (Å²) in [5.74, 6) is 1.08. The summed E-state index contributed by atoms with van der Waals surface area (Å²) in [5.41, 5.74) is 0. The first-order valence-corrected chi connectivity index (χ1v) is 5.44. The number of nitrogens with zero attached hydrogens (tertiary/aromatic N) is 1. The zero-order valence-corrected chi connectivity index (χ0v) is 9.75. The van der Waals surface area contributed by atoms with E-state index in [1.807, 2.05) is 6.92 Å². The summed E-state index contributed by atoms with van der Waals surface area (Å²) in [6, 6.07) is 0. The van der Waals surface area contributed by atoms with Gasteiger partial charge in [-0.25, -0.2) is 0 Å². The molecule has 1 rings (SSSR count). The molecule has 1 saturated heterocycles. The Morgan fingerprint density at radius 2 is 2.00 bits per heavy atom. The Bertz CT molecular complexity index is 159. The van der Waals surface area contributed by atoms with Crippen LogP contribution in [0.25, 0.3) is 0 Å². The van der Waals surface area contributed by atoms with Crippen molar-refractivity contribution in [2.45, 2.75) is 33.1 Å². The molecule has 1 fully saturated rings. The van der Waals surface area contributed by atoms with Gasteiger partial charge < -0.3 is 4.90 Å². The van der Waals surface area contributed by atoms with Gasteiger partial charge >= 0.3 is 0 Å². The summed E-state index contributed by atoms with van der Waals surface area (Å²) in [4.78, 5) is 12.5. The van der Waals surface area contributed by atoms with Crippen molar-refractivity contribution < 1.29 is 4.79 Å². The summed E-state index contributed by atoms with van der Waals surface area (Å²) in [6.07, 6.45) is 4.70. The standard InChI is InChI=1S/C7H15N.C5H8O/c1-7-3-5-8(2)6-4-7;1-3-5(6)4-2/h7H,3-6H2,1-2H3;3H,1,4H2,2H3. The predicted molar refractivity (Wildman–Crippen MR) is 61.4 cm³/mol. The van der Waals surface area contributed by atoms with Crippen LogP contribution in [0.2, 0.25) is 0 Å². The highest BCUT2D eigenvalue weighted by Crippen LogP contribution is 2.13. The molecule has 1 aliphatic rings. The number of carbonyl (C=O) groups is 1. The topological polar surface area (TPSA) is 20.3 Å². The van der Waals surface area contributed by atoms with Crippen LogP contribution in [0.3, 0.4) is 0 Å². The van der Waals surface area contributed by atoms with E-state index in [1.54, 1.807) is 0 Å². The average molecular weight is 197 g/mol. The zero-order chi connectivity index (χ0) is 11.0. The molecule has 0 amide bonds. The lowest BCUT2D eigenvalue weighted by atomic mass is 10.00. The minimum absolute atomic E-state index is 0.106. The summed E-state index contributed by atoms with van der Waals surface area (Å²) >= 11 is 0. The fourth-order valence-electron chi connectivity index (χ4n) is 1.28. The maximum absolute atomic E-state index is 10.1. The van der Waals surface area contributed by atoms with E-state index in [0.29, 0.717) is 6.42 Å². The van der Waals surface area contributed by atoms with Crippen molar-refractivity contribution in [3.05, 3.63) is 12.7 Å². The fraction of sp³-hybridized carbons (Fsp3) is 0.750. The highest BCUT2D eigenvalue weighted by molar-refractivity contribution is 5.88. The van der Waals surface area contributed by atoms with Crippen LogP contribution >= 0.6 is 0 Å². The lowest BCUT2D eigenvalue weighted by Gasteiger charge is -2.26. The second kappa shape index (κ2) is 7.74. The molecule has 0 aromatic carbocycles. The van der Waals surface area contributed by atoms with Gasteiger partial charge in [-0.2, -0.15) is 0 Å². The summed E-state index contributed by atoms with van der Waals surface area (Å²) in [7, 11) is 2.20. The van der Waals surface area contributed by atoms with Crippen LogP contribution in [0.5, 0.6) is 0 Å². The molecule has 1 heterocycles. The van der Waals surface area contributed by atoms with Crippen molar-refractivity contribution in [3.8, 4) is 0 Å². The van der Waals surface area contributed by atoms with Crippen LogP contribution in [-0.4, -0.2) is 30.8 Å². The molecule has 0 radical (unpaired) electrons. The summed E-state index contributed by atoms with van der Waals surface area (Å²) in [5, 5.41) is 0. The Labute approximate surface area is 88.0 Å². The molecular formula is C12H23NO. The first-order chi connectivity index (χ1) is 6.60. The van der Waals surface area contributed by atoms with Gasteiger partial charge in [-0.05, 0) is 45.0 Å². The third-order valence-electron chi connectivity index (χ3n) is 2.58. The SMILES string of the molecule is C=CC(=O)CC.CC1CCN(C)CC1. The molecule has 0 spiro atoms. The first kappa shape index (κ1) is 13.4. The monoisotopic (exact) mass is 197 g/mol. The average Bonchev–Trinajstić information content (AvgIpc) is 2.22. The van der Waals surface area contributed by atoms with Crippen molar-refractivity contribution in [2.75, 3.05) is 20.1 Å². The Balaban J connectivity index is 0.000000255. The second-order valence-corrected chi connectivity index (χ2v) is 4.01. The number of ketones is 1. The minimum Gasteiger partial charge on any atom is -0.306 e. The Morgan fingerprint density at radius 1 is 1.50 bits per heavy atom. The van der Waals surface area contributed by atoms with Crippen molar-refractivity contribution in [1.82, 2.24) is 4.90 Å². The Hall–Kier alpha value is -0.630. The van der Waals surface area contributed by atoms with Crippen LogP contribution in [0.4, 0.5) is 0 Å². The van der Waals surface area contributed by atoms with Gasteiger partial charge in [0.25, 0.3) is 0 Å². The van der Waals surface area contributed by atoms with Crippen molar-refractivity contribution in [2.24, 2.45) is 5.92 Å². The lowest BCUT2D eigenvalue weighted by Crippen LogP contribution is -2.28. The van der Waals surface area contributed by atoms with E-state index in [9.17, 15) is 4.79 Å². The van der Waals surface area contributed by atoms with Gasteiger partial charge in [0.05, 0.1) is 0 Å². The first-order valence-electron chi connectivity index (χ1n) is 5.44. The molecule has 0 aromatic heterocycles. The molecule has 2 nitrogen and oxygen atoms in total. The molecular weight excluding hydrogens is 174 g/mol. The summed E-state index contributed by atoms with van der Waals surface area (Å²) < 4.78 is 0. The molecule has 0 saturated carbocycles. The molecule has 14 heavy (non-hydrogen) atoms. The fourth-order valence-corrected chi connectivity index (χ4v) is 1.28. The number of hydrogen-bond acceptors (Lipinski definition) is 2. The van der Waals surface area contributed by atoms with E-state index in [2.05, 4.69) is 25.5 Å². The van der Waals surface area contributed by atoms with Crippen molar-refractivity contribution >= 4 is 5.78 Å². The zero-order valence-electron chi connectivity index (χ0n) is 9.75. The maximum Gasteiger partial charge on any atom is 0.154 e. The highest BCUT2D eigenvalue weighted by Gasteiger charge is 2.10. The van der Waals surface area contributed by atoms with E-state index in [-0.39, 0.29) is 5.78 Å². The third kappa shape index (κ3) is 6.84. The van der Waals surface area contributed by atoms with E-state index in [1.165, 1.54) is 32.0 Å². The molecule has 0 aromatic rings. The quantitative estimate of drug-likeness (QED) is 0.634. The largest absolute Gasteiger partial charge is 0.306 e. The van der Waals surface area contributed by atoms with Gasteiger partial charge in [-0.15, -0.1) is 0 Å². The van der Waals surface area contributed by atoms with Crippen LogP contribution in [0.15, 0.2) is 12.7 Å². The van der Waals surface area contributed by atoms with Crippen LogP contribution in [0, 0.1) is 5.92 Å². The number of carbonyl (C=O) groups excluding carboxylic acids is 1. The minimum atomic E-state index is 0.106. The number of allylic oxidation sites excluding steroid dienone is 1. The van der Waals surface area contributed by atoms with Crippen molar-refractivity contribution in [3.63, 3.8) is 0 Å². The van der Waals surface area contributed by atoms with Gasteiger partial charge in [-0.3, -0.25) is 4.79 Å². The second-order valence-electron chi connectivity index (χ2n) is 4.01. The molecule has 0 N–H and O–H groups in total. The number of rotatable bonds is 2. The summed E-state index contributed by atoms with van der Waals surface area (Å²) in [6.45, 7) is 10.0.